The molecule has 0 amide bonds. The van der Waals surface area contributed by atoms with Crippen LogP contribution in [0.2, 0.25) is 0 Å². The summed E-state index contributed by atoms with van der Waals surface area (Å²) in [4.78, 5) is 8.32. The molecule has 0 saturated carbocycles. The Labute approximate surface area is 173 Å². The van der Waals surface area contributed by atoms with E-state index in [-0.39, 0.29) is 0 Å². The van der Waals surface area contributed by atoms with Crippen molar-refractivity contribution < 1.29 is 4.74 Å². The number of piperidine rings is 1. The molecule has 2 aliphatic rings. The molecule has 3 atom stereocenters. The third kappa shape index (κ3) is 4.27. The third-order valence-corrected chi connectivity index (χ3v) is 7.52. The van der Waals surface area contributed by atoms with Gasteiger partial charge in [0.1, 0.15) is 5.75 Å². The number of nitrogens with zero attached hydrogens (tertiary/aromatic N) is 2. The van der Waals surface area contributed by atoms with Crippen molar-refractivity contribution in [1.82, 2.24) is 9.88 Å². The summed E-state index contributed by atoms with van der Waals surface area (Å²) >= 11 is 1.72. The molecule has 1 aromatic heterocycles. The summed E-state index contributed by atoms with van der Waals surface area (Å²) < 4.78 is 6.06. The molecule has 3 unspecified atom stereocenters. The van der Waals surface area contributed by atoms with Crippen molar-refractivity contribution in [3.8, 4) is 5.75 Å². The number of unbranched alkanes of at least 4 members (excludes halogenated alkanes) is 1. The first-order valence-electron chi connectivity index (χ1n) is 10.8. The number of benzene rings is 1. The minimum absolute atomic E-state index is 0.331. The normalized spacial score (nSPS) is 24.6. The van der Waals surface area contributed by atoms with Gasteiger partial charge in [-0.3, -0.25) is 4.90 Å². The standard InChI is InChI=1S/C23H33N3OS/c1-3-4-5-18-14-26-10-8-17-12-19(6-7-20(17)22(26)13-21(18)24)27-11-9-23-16(2)25-15-28-23/h6-7,12,15,18,21-22H,3-5,8-11,13-14,24H2,1-2H3. The number of thiazole rings is 1. The van der Waals surface area contributed by atoms with Crippen LogP contribution in [0.25, 0.3) is 0 Å². The lowest BCUT2D eigenvalue weighted by molar-refractivity contribution is 0.0785. The van der Waals surface area contributed by atoms with Crippen molar-refractivity contribution in [3.63, 3.8) is 0 Å². The quantitative estimate of drug-likeness (QED) is 0.744. The van der Waals surface area contributed by atoms with E-state index in [0.29, 0.717) is 24.6 Å². The molecule has 4 rings (SSSR count). The molecule has 2 N–H and O–H groups in total. The molecule has 0 bridgehead atoms. The highest BCUT2D eigenvalue weighted by atomic mass is 32.1. The largest absolute Gasteiger partial charge is 0.493 e. The average Bonchev–Trinajstić information content (AvgIpc) is 3.11. The monoisotopic (exact) mass is 399 g/mol. The molecule has 5 heteroatoms. The zero-order valence-electron chi connectivity index (χ0n) is 17.2. The summed E-state index contributed by atoms with van der Waals surface area (Å²) in [6.45, 7) is 7.36. The van der Waals surface area contributed by atoms with Gasteiger partial charge in [-0.05, 0) is 55.4 Å². The zero-order chi connectivity index (χ0) is 19.5. The van der Waals surface area contributed by atoms with E-state index in [1.807, 2.05) is 5.51 Å². The van der Waals surface area contributed by atoms with Crippen molar-refractivity contribution in [2.75, 3.05) is 19.7 Å². The summed E-state index contributed by atoms with van der Waals surface area (Å²) in [7, 11) is 0. The number of rotatable bonds is 7. The maximum atomic E-state index is 6.58. The lowest BCUT2D eigenvalue weighted by Gasteiger charge is -2.46. The summed E-state index contributed by atoms with van der Waals surface area (Å²) in [6, 6.07) is 7.53. The van der Waals surface area contributed by atoms with Crippen molar-refractivity contribution in [1.29, 1.82) is 0 Å². The second kappa shape index (κ2) is 8.93. The van der Waals surface area contributed by atoms with Crippen LogP contribution in [0.3, 0.4) is 0 Å². The molecule has 4 nitrogen and oxygen atoms in total. The van der Waals surface area contributed by atoms with Gasteiger partial charge in [-0.15, -0.1) is 11.3 Å². The fraction of sp³-hybridized carbons (Fsp3) is 0.609. The van der Waals surface area contributed by atoms with E-state index in [1.54, 1.807) is 11.3 Å². The van der Waals surface area contributed by atoms with Crippen LogP contribution in [0.5, 0.6) is 5.75 Å². The van der Waals surface area contributed by atoms with Crippen molar-refractivity contribution in [3.05, 3.63) is 45.4 Å². The highest BCUT2D eigenvalue weighted by Gasteiger charge is 2.37. The molecule has 152 valence electrons. The van der Waals surface area contributed by atoms with E-state index in [0.717, 1.165) is 43.8 Å². The number of aromatic nitrogens is 1. The number of ether oxygens (including phenoxy) is 1. The summed E-state index contributed by atoms with van der Waals surface area (Å²) in [5, 5.41) is 0. The lowest BCUT2D eigenvalue weighted by atomic mass is 9.79. The van der Waals surface area contributed by atoms with Crippen LogP contribution < -0.4 is 10.5 Å². The summed E-state index contributed by atoms with van der Waals surface area (Å²) in [5.74, 6) is 1.66. The minimum Gasteiger partial charge on any atom is -0.493 e. The topological polar surface area (TPSA) is 51.4 Å². The van der Waals surface area contributed by atoms with Gasteiger partial charge in [-0.2, -0.15) is 0 Å². The first kappa shape index (κ1) is 19.9. The summed E-state index contributed by atoms with van der Waals surface area (Å²) in [5.41, 5.74) is 12.6. The fourth-order valence-electron chi connectivity index (χ4n) is 4.81. The Morgan fingerprint density at radius 3 is 3.04 bits per heavy atom. The molecule has 1 fully saturated rings. The third-order valence-electron chi connectivity index (χ3n) is 6.52. The molecular formula is C23H33N3OS. The fourth-order valence-corrected chi connectivity index (χ4v) is 5.57. The van der Waals surface area contributed by atoms with Crippen LogP contribution in [0, 0.1) is 12.8 Å². The molecule has 0 radical (unpaired) electrons. The highest BCUT2D eigenvalue weighted by Crippen LogP contribution is 2.40. The Morgan fingerprint density at radius 1 is 1.36 bits per heavy atom. The van der Waals surface area contributed by atoms with Gasteiger partial charge in [0.05, 0.1) is 17.8 Å². The lowest BCUT2D eigenvalue weighted by Crippen LogP contribution is -2.50. The van der Waals surface area contributed by atoms with E-state index < -0.39 is 0 Å². The number of aryl methyl sites for hydroxylation is 1. The zero-order valence-corrected chi connectivity index (χ0v) is 18.0. The van der Waals surface area contributed by atoms with E-state index in [2.05, 4.69) is 41.9 Å². The van der Waals surface area contributed by atoms with Crippen molar-refractivity contribution in [2.45, 2.75) is 64.5 Å². The Balaban J connectivity index is 1.39. The molecule has 2 aliphatic heterocycles. The SMILES string of the molecule is CCCCC1CN2CCc3cc(OCCc4scnc4C)ccc3C2CC1N. The van der Waals surface area contributed by atoms with Crippen LogP contribution >= 0.6 is 11.3 Å². The van der Waals surface area contributed by atoms with E-state index >= 15 is 0 Å². The van der Waals surface area contributed by atoms with Crippen LogP contribution in [0.4, 0.5) is 0 Å². The second-order valence-corrected chi connectivity index (χ2v) is 9.32. The van der Waals surface area contributed by atoms with Gasteiger partial charge < -0.3 is 10.5 Å². The van der Waals surface area contributed by atoms with Crippen LogP contribution in [0.15, 0.2) is 23.7 Å². The Morgan fingerprint density at radius 2 is 2.25 bits per heavy atom. The van der Waals surface area contributed by atoms with Crippen molar-refractivity contribution in [2.24, 2.45) is 11.7 Å². The maximum Gasteiger partial charge on any atom is 0.119 e. The number of hydrogen-bond donors (Lipinski definition) is 1. The van der Waals surface area contributed by atoms with E-state index in [1.165, 1.54) is 35.3 Å². The minimum atomic E-state index is 0.331. The second-order valence-electron chi connectivity index (χ2n) is 8.38. The summed E-state index contributed by atoms with van der Waals surface area (Å²) in [6.07, 6.45) is 6.98. The molecule has 0 aliphatic carbocycles. The van der Waals surface area contributed by atoms with Crippen LogP contribution in [0.1, 0.15) is 60.3 Å². The molecule has 1 saturated heterocycles. The maximum absolute atomic E-state index is 6.58. The molecule has 0 spiro atoms. The highest BCUT2D eigenvalue weighted by molar-refractivity contribution is 7.09. The predicted molar refractivity (Wildman–Crippen MR) is 116 cm³/mol. The van der Waals surface area contributed by atoms with E-state index in [9.17, 15) is 0 Å². The Kier molecular flexibility index (Phi) is 6.34. The van der Waals surface area contributed by atoms with Gasteiger partial charge in [-0.1, -0.05) is 25.8 Å². The van der Waals surface area contributed by atoms with Gasteiger partial charge in [0.2, 0.25) is 0 Å². The molecular weight excluding hydrogens is 366 g/mol. The molecule has 28 heavy (non-hydrogen) atoms. The first-order chi connectivity index (χ1) is 13.7. The van der Waals surface area contributed by atoms with Crippen molar-refractivity contribution >= 4 is 11.3 Å². The van der Waals surface area contributed by atoms with Gasteiger partial charge in [0, 0.05) is 36.5 Å². The average molecular weight is 400 g/mol. The predicted octanol–water partition coefficient (Wildman–Crippen LogP) is 4.51. The van der Waals surface area contributed by atoms with Crippen LogP contribution in [-0.4, -0.2) is 35.6 Å². The number of hydrogen-bond acceptors (Lipinski definition) is 5. The molecule has 3 heterocycles. The Hall–Kier alpha value is -1.43. The smallest absolute Gasteiger partial charge is 0.119 e. The van der Waals surface area contributed by atoms with Gasteiger partial charge in [0.15, 0.2) is 0 Å². The van der Waals surface area contributed by atoms with E-state index in [4.69, 9.17) is 10.5 Å². The Bertz CT molecular complexity index is 790. The van der Waals surface area contributed by atoms with Gasteiger partial charge in [-0.25, -0.2) is 4.98 Å². The molecule has 2 aromatic rings. The molecule has 1 aromatic carbocycles. The van der Waals surface area contributed by atoms with Crippen LogP contribution in [-0.2, 0) is 12.8 Å². The van der Waals surface area contributed by atoms with Gasteiger partial charge >= 0.3 is 0 Å². The van der Waals surface area contributed by atoms with Gasteiger partial charge in [0.25, 0.3) is 0 Å². The number of fused-ring (bicyclic) bond motifs is 3. The first-order valence-corrected chi connectivity index (χ1v) is 11.7. The number of nitrogens with two attached hydrogens (primary N) is 1.